The predicted octanol–water partition coefficient (Wildman–Crippen LogP) is 5.13. The Hall–Kier alpha value is -3.27. The Kier molecular flexibility index (Phi) is 5.54. The molecule has 4 heteroatoms. The van der Waals surface area contributed by atoms with Crippen LogP contribution in [0, 0.1) is 0 Å². The highest BCUT2D eigenvalue weighted by Gasteiger charge is 2.12. The zero-order valence-corrected chi connectivity index (χ0v) is 15.1. The topological polar surface area (TPSA) is 40.0 Å². The highest BCUT2D eigenvalue weighted by Crippen LogP contribution is 2.34. The first kappa shape index (κ1) is 17.5. The van der Waals surface area contributed by atoms with E-state index in [1.165, 1.54) is 0 Å². The molecule has 0 aliphatic carbocycles. The number of aliphatic imine (C=N–C) groups is 1. The van der Waals surface area contributed by atoms with Crippen molar-refractivity contribution >= 4 is 11.9 Å². The third-order valence-corrected chi connectivity index (χ3v) is 4.07. The van der Waals surface area contributed by atoms with E-state index in [-0.39, 0.29) is 0 Å². The quantitative estimate of drug-likeness (QED) is 0.580. The van der Waals surface area contributed by atoms with E-state index in [1.54, 1.807) is 27.5 Å². The van der Waals surface area contributed by atoms with Crippen LogP contribution in [0.2, 0.25) is 0 Å². The van der Waals surface area contributed by atoms with Crippen LogP contribution in [-0.2, 0) is 0 Å². The molecule has 0 amide bonds. The van der Waals surface area contributed by atoms with Gasteiger partial charge in [0.15, 0.2) is 0 Å². The summed E-state index contributed by atoms with van der Waals surface area (Å²) in [5.74, 6) is 1.95. The molecular formula is C22H21NO3. The smallest absolute Gasteiger partial charge is 0.135 e. The zero-order chi connectivity index (χ0) is 18.4. The average molecular weight is 347 g/mol. The Morgan fingerprint density at radius 2 is 1.35 bits per heavy atom. The van der Waals surface area contributed by atoms with Crippen LogP contribution >= 0.6 is 0 Å². The van der Waals surface area contributed by atoms with E-state index in [9.17, 15) is 0 Å². The second-order valence-electron chi connectivity index (χ2n) is 5.59. The first-order valence-corrected chi connectivity index (χ1v) is 8.25. The van der Waals surface area contributed by atoms with E-state index in [4.69, 9.17) is 19.2 Å². The van der Waals surface area contributed by atoms with Crippen LogP contribution in [-0.4, -0.2) is 27.5 Å². The molecule has 3 aromatic carbocycles. The molecule has 0 N–H and O–H groups in total. The van der Waals surface area contributed by atoms with Crippen molar-refractivity contribution in [3.63, 3.8) is 0 Å². The molecule has 0 radical (unpaired) electrons. The molecule has 4 nitrogen and oxygen atoms in total. The maximum Gasteiger partial charge on any atom is 0.135 e. The molecule has 0 spiro atoms. The summed E-state index contributed by atoms with van der Waals surface area (Å²) in [5.41, 5.74) is 3.82. The van der Waals surface area contributed by atoms with Crippen LogP contribution < -0.4 is 14.2 Å². The second-order valence-corrected chi connectivity index (χ2v) is 5.59. The fourth-order valence-electron chi connectivity index (χ4n) is 2.74. The van der Waals surface area contributed by atoms with Gasteiger partial charge in [-0.2, -0.15) is 0 Å². The molecule has 0 saturated carbocycles. The maximum atomic E-state index is 5.48. The van der Waals surface area contributed by atoms with Crippen LogP contribution in [0.25, 0.3) is 11.1 Å². The normalized spacial score (nSPS) is 10.7. The number of ether oxygens (including phenoxy) is 3. The molecule has 3 aromatic rings. The van der Waals surface area contributed by atoms with Crippen molar-refractivity contribution in [3.05, 3.63) is 72.3 Å². The van der Waals surface area contributed by atoms with Gasteiger partial charge in [-0.15, -0.1) is 0 Å². The van der Waals surface area contributed by atoms with Gasteiger partial charge in [-0.25, -0.2) is 0 Å². The first-order chi connectivity index (χ1) is 12.8. The molecule has 0 fully saturated rings. The molecular weight excluding hydrogens is 326 g/mol. The Morgan fingerprint density at radius 1 is 0.731 bits per heavy atom. The van der Waals surface area contributed by atoms with Gasteiger partial charge < -0.3 is 14.2 Å². The molecule has 132 valence electrons. The van der Waals surface area contributed by atoms with Crippen LogP contribution in [0.5, 0.6) is 17.2 Å². The minimum Gasteiger partial charge on any atom is -0.496 e. The lowest BCUT2D eigenvalue weighted by Crippen LogP contribution is -1.97. The Morgan fingerprint density at radius 3 is 1.96 bits per heavy atom. The summed E-state index contributed by atoms with van der Waals surface area (Å²) in [6.07, 6.45) is 1.76. The predicted molar refractivity (Wildman–Crippen MR) is 105 cm³/mol. The van der Waals surface area contributed by atoms with Gasteiger partial charge in [0, 0.05) is 23.9 Å². The molecule has 0 aromatic heterocycles. The lowest BCUT2D eigenvalue weighted by molar-refractivity contribution is 0.374. The minimum atomic E-state index is 0.641. The SMILES string of the molecule is COc1cc(OC)c(C=Nc2ccccc2-c2ccccc2)c(OC)c1. The van der Waals surface area contributed by atoms with Gasteiger partial charge in [-0.3, -0.25) is 4.99 Å². The number of para-hydroxylation sites is 1. The molecule has 0 aliphatic heterocycles. The number of rotatable bonds is 6. The van der Waals surface area contributed by atoms with E-state index in [2.05, 4.69) is 18.2 Å². The highest BCUT2D eigenvalue weighted by molar-refractivity contribution is 5.91. The number of methoxy groups -OCH3 is 3. The van der Waals surface area contributed by atoms with Crippen molar-refractivity contribution in [3.8, 4) is 28.4 Å². The number of hydrogen-bond donors (Lipinski definition) is 0. The molecule has 0 bridgehead atoms. The largest absolute Gasteiger partial charge is 0.496 e. The monoisotopic (exact) mass is 347 g/mol. The molecule has 0 saturated heterocycles. The van der Waals surface area contributed by atoms with Crippen molar-refractivity contribution in [1.29, 1.82) is 0 Å². The Labute approximate surface area is 153 Å². The van der Waals surface area contributed by atoms with Crippen LogP contribution in [0.1, 0.15) is 5.56 Å². The van der Waals surface area contributed by atoms with Gasteiger partial charge in [-0.1, -0.05) is 48.5 Å². The number of nitrogens with zero attached hydrogens (tertiary/aromatic N) is 1. The van der Waals surface area contributed by atoms with E-state index < -0.39 is 0 Å². The molecule has 0 unspecified atom stereocenters. The second kappa shape index (κ2) is 8.21. The van der Waals surface area contributed by atoms with Crippen LogP contribution in [0.3, 0.4) is 0 Å². The van der Waals surface area contributed by atoms with Crippen molar-refractivity contribution < 1.29 is 14.2 Å². The zero-order valence-electron chi connectivity index (χ0n) is 15.1. The first-order valence-electron chi connectivity index (χ1n) is 8.25. The van der Waals surface area contributed by atoms with Crippen molar-refractivity contribution in [1.82, 2.24) is 0 Å². The van der Waals surface area contributed by atoms with E-state index in [0.29, 0.717) is 17.2 Å². The molecule has 0 aliphatic rings. The van der Waals surface area contributed by atoms with E-state index in [1.807, 2.05) is 48.5 Å². The van der Waals surface area contributed by atoms with Crippen molar-refractivity contribution in [2.45, 2.75) is 0 Å². The fourth-order valence-corrected chi connectivity index (χ4v) is 2.74. The van der Waals surface area contributed by atoms with Gasteiger partial charge in [0.2, 0.25) is 0 Å². The Bertz CT molecular complexity index is 879. The van der Waals surface area contributed by atoms with E-state index in [0.717, 1.165) is 22.4 Å². The Balaban J connectivity index is 2.04. The van der Waals surface area contributed by atoms with Crippen LogP contribution in [0.15, 0.2) is 71.7 Å². The summed E-state index contributed by atoms with van der Waals surface area (Å²) in [7, 11) is 4.84. The summed E-state index contributed by atoms with van der Waals surface area (Å²) in [6.45, 7) is 0. The summed E-state index contributed by atoms with van der Waals surface area (Å²) in [5, 5.41) is 0. The fraction of sp³-hybridized carbons (Fsp3) is 0.136. The van der Waals surface area contributed by atoms with Gasteiger partial charge in [0.05, 0.1) is 32.6 Å². The maximum absolute atomic E-state index is 5.48. The lowest BCUT2D eigenvalue weighted by atomic mass is 10.0. The molecule has 0 atom stereocenters. The molecule has 0 heterocycles. The third-order valence-electron chi connectivity index (χ3n) is 4.07. The number of hydrogen-bond acceptors (Lipinski definition) is 4. The minimum absolute atomic E-state index is 0.641. The van der Waals surface area contributed by atoms with Gasteiger partial charge in [-0.05, 0) is 11.6 Å². The summed E-state index contributed by atoms with van der Waals surface area (Å²) in [4.78, 5) is 4.70. The average Bonchev–Trinajstić information content (AvgIpc) is 2.72. The van der Waals surface area contributed by atoms with Gasteiger partial charge >= 0.3 is 0 Å². The third kappa shape index (κ3) is 3.70. The van der Waals surface area contributed by atoms with E-state index >= 15 is 0 Å². The number of benzene rings is 3. The van der Waals surface area contributed by atoms with Gasteiger partial charge in [0.1, 0.15) is 17.2 Å². The van der Waals surface area contributed by atoms with Crippen molar-refractivity contribution in [2.24, 2.45) is 4.99 Å². The summed E-state index contributed by atoms with van der Waals surface area (Å²) in [6, 6.07) is 21.8. The molecule has 26 heavy (non-hydrogen) atoms. The van der Waals surface area contributed by atoms with Gasteiger partial charge in [0.25, 0.3) is 0 Å². The highest BCUT2D eigenvalue weighted by atomic mass is 16.5. The standard InChI is InChI=1S/C22H21NO3/c1-24-17-13-21(25-2)19(22(14-17)26-3)15-23-20-12-8-7-11-18(20)16-9-5-4-6-10-16/h4-15H,1-3H3. The molecule has 3 rings (SSSR count). The lowest BCUT2D eigenvalue weighted by Gasteiger charge is -2.12. The summed E-state index contributed by atoms with van der Waals surface area (Å²) >= 11 is 0. The van der Waals surface area contributed by atoms with Crippen molar-refractivity contribution in [2.75, 3.05) is 21.3 Å². The summed E-state index contributed by atoms with van der Waals surface area (Å²) < 4.78 is 16.3. The van der Waals surface area contributed by atoms with Crippen LogP contribution in [0.4, 0.5) is 5.69 Å².